The van der Waals surface area contributed by atoms with Crippen LogP contribution in [0.1, 0.15) is 0 Å². The van der Waals surface area contributed by atoms with Crippen LogP contribution in [-0.4, -0.2) is 23.8 Å². The number of nitriles is 2. The molecule has 12 heteroatoms. The summed E-state index contributed by atoms with van der Waals surface area (Å²) in [4.78, 5) is 4.66. The number of isothiocyanates is 1. The van der Waals surface area contributed by atoms with Gasteiger partial charge in [0, 0.05) is 0 Å². The first-order valence-electron chi connectivity index (χ1n) is 7.25. The van der Waals surface area contributed by atoms with Crippen molar-refractivity contribution in [2.24, 2.45) is 0 Å². The van der Waals surface area contributed by atoms with Crippen LogP contribution in [0.25, 0.3) is 15.9 Å². The quantitative estimate of drug-likeness (QED) is 0.200. The van der Waals surface area contributed by atoms with Gasteiger partial charge in [0.2, 0.25) is 0 Å². The molecule has 6 nitrogen and oxygen atoms in total. The number of hydrogen-bond acceptors (Lipinski definition) is 6. The summed E-state index contributed by atoms with van der Waals surface area (Å²) in [6.45, 7) is 0.0520. The zero-order chi connectivity index (χ0) is 20.3. The molecule has 0 saturated heterocycles. The monoisotopic (exact) mass is 507 g/mol. The zero-order valence-electron chi connectivity index (χ0n) is 14.3. The Morgan fingerprint density at radius 2 is 1.29 bits per heavy atom. The average Bonchev–Trinajstić information content (AvgIpc) is 2.71. The Morgan fingerprint density at radius 3 is 1.57 bits per heavy atom. The van der Waals surface area contributed by atoms with Crippen LogP contribution in [-0.2, 0) is 44.7 Å². The van der Waals surface area contributed by atoms with E-state index in [1.54, 1.807) is 0 Å². The van der Waals surface area contributed by atoms with Gasteiger partial charge in [-0.1, -0.05) is 65.5 Å². The van der Waals surface area contributed by atoms with Crippen LogP contribution in [0.2, 0.25) is 0 Å². The van der Waals surface area contributed by atoms with Gasteiger partial charge in [0.1, 0.15) is 13.7 Å². The third kappa shape index (κ3) is 12.1. The van der Waals surface area contributed by atoms with Crippen LogP contribution in [0.5, 0.6) is 0 Å². The molecule has 1 aromatic heterocycles. The van der Waals surface area contributed by atoms with E-state index in [0.717, 1.165) is 11.2 Å². The summed E-state index contributed by atoms with van der Waals surface area (Å²) in [5, 5.41) is 34.2. The number of thiocarbonyl (C=S) groups is 1. The number of pyridine rings is 1. The van der Waals surface area contributed by atoms with Crippen molar-refractivity contribution in [1.82, 2.24) is 4.98 Å². The van der Waals surface area contributed by atoms with E-state index in [9.17, 15) is 0 Å². The van der Waals surface area contributed by atoms with Crippen LogP contribution in [0.4, 0.5) is 0 Å². The number of aromatic nitrogens is 1. The molecule has 1 radical (unpaired) electrons. The maximum absolute atomic E-state index is 7.13. The second kappa shape index (κ2) is 19.4. The fourth-order valence-electron chi connectivity index (χ4n) is 1.97. The number of nitrogens with zero attached hydrogens (tertiary/aromatic N) is 6. The number of thiocyanates is 2. The van der Waals surface area contributed by atoms with Crippen LogP contribution in [0.15, 0.2) is 66.9 Å². The van der Waals surface area contributed by atoms with Crippen molar-refractivity contribution in [2.75, 3.05) is 0 Å². The summed E-state index contributed by atoms with van der Waals surface area (Å²) in [7, 11) is 0. The van der Waals surface area contributed by atoms with Gasteiger partial charge >= 0.3 is 19.5 Å². The fourth-order valence-corrected chi connectivity index (χ4v) is 1.97. The van der Waals surface area contributed by atoms with Gasteiger partial charge in [0.05, 0.1) is 0 Å². The smallest absolute Gasteiger partial charge is 0.753 e. The minimum atomic E-state index is 0. The van der Waals surface area contributed by atoms with E-state index in [4.69, 9.17) is 15.9 Å². The molecule has 0 saturated carbocycles. The third-order valence-corrected chi connectivity index (χ3v) is 2.87. The SMILES string of the molecule is C1=C[N-]B(c2cccc(B3C=CC=C[N-]3)n2)C=C1.N#C[S-].N#C[S-].[N-]=C=S.[Ru+5]. The molecule has 1 aromatic rings. The Kier molecular flexibility index (Phi) is 19.4. The van der Waals surface area contributed by atoms with Gasteiger partial charge in [-0.15, -0.1) is 12.0 Å². The molecule has 3 heterocycles. The molecule has 0 bridgehead atoms. The van der Waals surface area contributed by atoms with Crippen LogP contribution in [0, 0.1) is 21.3 Å². The molecule has 28 heavy (non-hydrogen) atoms. The first-order chi connectivity index (χ1) is 13.2. The number of allylic oxidation sites excluding steroid dienone is 4. The Hall–Kier alpha value is -2.32. The molecule has 137 valence electrons. The van der Waals surface area contributed by atoms with E-state index in [-0.39, 0.29) is 33.2 Å². The van der Waals surface area contributed by atoms with Crippen LogP contribution >= 0.6 is 12.2 Å². The van der Waals surface area contributed by atoms with E-state index in [2.05, 4.69) is 52.9 Å². The molecule has 3 rings (SSSR count). The van der Waals surface area contributed by atoms with Crippen LogP contribution in [0.3, 0.4) is 0 Å². The molecular formula is C16H11B2N6RuS3. The van der Waals surface area contributed by atoms with E-state index >= 15 is 0 Å². The molecule has 0 aromatic carbocycles. The summed E-state index contributed by atoms with van der Waals surface area (Å²) in [6.07, 6.45) is 11.5. The van der Waals surface area contributed by atoms with Crippen molar-refractivity contribution in [3.63, 3.8) is 0 Å². The minimum Gasteiger partial charge on any atom is -0.753 e. The molecular weight excluding hydrogens is 495 g/mol. The summed E-state index contributed by atoms with van der Waals surface area (Å²) in [6, 6.07) is 6.02. The van der Waals surface area contributed by atoms with Crippen molar-refractivity contribution in [3.05, 3.63) is 82.7 Å². The maximum Gasteiger partial charge on any atom is 5.00 e. The van der Waals surface area contributed by atoms with Gasteiger partial charge < -0.3 is 41.1 Å². The Labute approximate surface area is 195 Å². The van der Waals surface area contributed by atoms with E-state index < -0.39 is 0 Å². The van der Waals surface area contributed by atoms with Crippen molar-refractivity contribution in [2.45, 2.75) is 0 Å². The van der Waals surface area contributed by atoms with Crippen molar-refractivity contribution >= 4 is 67.5 Å². The minimum absolute atomic E-state index is 0. The number of rotatable bonds is 2. The second-order valence-electron chi connectivity index (χ2n) is 4.40. The summed E-state index contributed by atoms with van der Waals surface area (Å²) in [5.74, 6) is 4.08. The summed E-state index contributed by atoms with van der Waals surface area (Å²) < 4.78 is 0. The standard InChI is InChI=1S/C13H11B2N3.2CHNS.CNS.Ru/c1-3-10-16-14(8-1)12-6-5-7-13(18-12)15-9-2-4-11-17-15;3*2-1-3;/h1-11H;2*3H;;/q-2;;;-1;+5/p-2. The maximum atomic E-state index is 7.13. The Balaban J connectivity index is 0. The molecule has 2 aliphatic rings. The van der Waals surface area contributed by atoms with Gasteiger partial charge in [-0.2, -0.15) is 17.6 Å². The summed E-state index contributed by atoms with van der Waals surface area (Å²) >= 11 is 11.1. The first-order valence-corrected chi connectivity index (χ1v) is 8.48. The van der Waals surface area contributed by atoms with Gasteiger partial charge in [-0.05, 0) is 11.2 Å². The Morgan fingerprint density at radius 1 is 0.929 bits per heavy atom. The molecule has 0 unspecified atom stereocenters. The van der Waals surface area contributed by atoms with Gasteiger partial charge in [-0.25, -0.2) is 10.5 Å². The molecule has 0 spiro atoms. The third-order valence-electron chi connectivity index (χ3n) is 2.87. The fraction of sp³-hybridized carbons (Fsp3) is 0. The van der Waals surface area contributed by atoms with Crippen molar-refractivity contribution in [1.29, 1.82) is 10.5 Å². The van der Waals surface area contributed by atoms with E-state index in [1.165, 1.54) is 16.0 Å². The molecule has 0 amide bonds. The molecule has 2 aliphatic heterocycles. The molecule has 0 N–H and O–H groups in total. The predicted octanol–water partition coefficient (Wildman–Crippen LogP) is 2.16. The van der Waals surface area contributed by atoms with Crippen molar-refractivity contribution < 1.29 is 19.5 Å². The number of hydrogen-bond donors (Lipinski definition) is 0. The topological polar surface area (TPSA) is 111 Å². The van der Waals surface area contributed by atoms with Gasteiger partial charge in [0.25, 0.3) is 0 Å². The predicted molar refractivity (Wildman–Crippen MR) is 120 cm³/mol. The van der Waals surface area contributed by atoms with E-state index in [0.29, 0.717) is 0 Å². The van der Waals surface area contributed by atoms with Crippen molar-refractivity contribution in [3.8, 4) is 10.8 Å². The summed E-state index contributed by atoms with van der Waals surface area (Å²) in [5.41, 5.74) is 1.93. The zero-order valence-corrected chi connectivity index (χ0v) is 18.5. The molecule has 0 atom stereocenters. The van der Waals surface area contributed by atoms with Crippen LogP contribution < -0.4 is 11.2 Å². The molecule has 0 fully saturated rings. The Bertz CT molecular complexity index is 754. The van der Waals surface area contributed by atoms with Gasteiger partial charge in [-0.3, -0.25) is 4.98 Å². The molecule has 0 aliphatic carbocycles. The first kappa shape index (κ1) is 27.9. The largest absolute Gasteiger partial charge is 5.00 e. The second-order valence-corrected chi connectivity index (χ2v) is 4.95. The average molecular weight is 506 g/mol. The normalized spacial score (nSPS) is 11.5. The van der Waals surface area contributed by atoms with E-state index in [1.807, 2.05) is 66.9 Å². The van der Waals surface area contributed by atoms with Gasteiger partial charge in [0.15, 0.2) is 0 Å².